The number of nitrogens with zero attached hydrogens (tertiary/aromatic N) is 4. The summed E-state index contributed by atoms with van der Waals surface area (Å²) in [6, 6.07) is 15.9. The molecule has 1 aromatic heterocycles. The average molecular weight is 283 g/mol. The van der Waals surface area contributed by atoms with E-state index in [2.05, 4.69) is 20.8 Å². The molecular formula is C15H14FN5. The third-order valence-electron chi connectivity index (χ3n) is 3.19. The molecule has 0 spiro atoms. The molecule has 2 aromatic carbocycles. The van der Waals surface area contributed by atoms with Crippen LogP contribution in [0.4, 0.5) is 10.3 Å². The number of rotatable bonds is 4. The third-order valence-corrected chi connectivity index (χ3v) is 3.19. The molecule has 0 bridgehead atoms. The molecule has 0 aliphatic heterocycles. The Labute approximate surface area is 121 Å². The zero-order valence-electron chi connectivity index (χ0n) is 11.4. The first-order valence-electron chi connectivity index (χ1n) is 6.60. The van der Waals surface area contributed by atoms with E-state index in [1.165, 1.54) is 12.1 Å². The molecule has 6 heteroatoms. The monoisotopic (exact) mass is 283 g/mol. The second-order valence-electron chi connectivity index (χ2n) is 4.67. The molecule has 0 aliphatic carbocycles. The van der Waals surface area contributed by atoms with Crippen molar-refractivity contribution in [3.8, 4) is 5.69 Å². The van der Waals surface area contributed by atoms with Gasteiger partial charge in [-0.1, -0.05) is 35.4 Å². The topological polar surface area (TPSA) is 55.6 Å². The van der Waals surface area contributed by atoms with Crippen LogP contribution in [0.3, 0.4) is 0 Å². The summed E-state index contributed by atoms with van der Waals surface area (Å²) in [6.07, 6.45) is 0. The number of tetrazole rings is 1. The molecule has 0 saturated heterocycles. The van der Waals surface area contributed by atoms with Crippen LogP contribution in [0.2, 0.25) is 0 Å². The van der Waals surface area contributed by atoms with Crippen molar-refractivity contribution in [1.82, 2.24) is 20.2 Å². The summed E-state index contributed by atoms with van der Waals surface area (Å²) in [5, 5.41) is 14.9. The quantitative estimate of drug-likeness (QED) is 0.799. The molecule has 0 saturated carbocycles. The van der Waals surface area contributed by atoms with Crippen molar-refractivity contribution < 1.29 is 4.39 Å². The van der Waals surface area contributed by atoms with Gasteiger partial charge in [-0.2, -0.15) is 4.68 Å². The molecule has 0 fully saturated rings. The first kappa shape index (κ1) is 13.2. The van der Waals surface area contributed by atoms with Crippen LogP contribution in [0, 0.1) is 5.82 Å². The van der Waals surface area contributed by atoms with E-state index in [1.54, 1.807) is 16.8 Å². The van der Waals surface area contributed by atoms with E-state index in [4.69, 9.17) is 0 Å². The number of para-hydroxylation sites is 1. The molecule has 21 heavy (non-hydrogen) atoms. The maximum atomic E-state index is 13.0. The number of aromatic nitrogens is 4. The van der Waals surface area contributed by atoms with Crippen LogP contribution in [0.15, 0.2) is 54.6 Å². The molecule has 1 unspecified atom stereocenters. The van der Waals surface area contributed by atoms with Crippen LogP contribution < -0.4 is 5.32 Å². The van der Waals surface area contributed by atoms with Gasteiger partial charge in [0.15, 0.2) is 0 Å². The highest BCUT2D eigenvalue weighted by atomic mass is 19.1. The van der Waals surface area contributed by atoms with Gasteiger partial charge in [-0.3, -0.25) is 0 Å². The fourth-order valence-electron chi connectivity index (χ4n) is 2.05. The van der Waals surface area contributed by atoms with Gasteiger partial charge >= 0.3 is 0 Å². The third kappa shape index (κ3) is 2.89. The zero-order chi connectivity index (χ0) is 14.7. The molecule has 1 atom stereocenters. The summed E-state index contributed by atoms with van der Waals surface area (Å²) in [7, 11) is 0. The molecule has 0 amide bonds. The smallest absolute Gasteiger partial charge is 0.248 e. The fourth-order valence-corrected chi connectivity index (χ4v) is 2.05. The van der Waals surface area contributed by atoms with Crippen molar-refractivity contribution in [2.24, 2.45) is 0 Å². The van der Waals surface area contributed by atoms with Crippen molar-refractivity contribution in [3.05, 3.63) is 66.0 Å². The maximum Gasteiger partial charge on any atom is 0.248 e. The molecular weight excluding hydrogens is 269 g/mol. The first-order valence-corrected chi connectivity index (χ1v) is 6.60. The molecule has 106 valence electrons. The van der Waals surface area contributed by atoms with Gasteiger partial charge in [0.1, 0.15) is 5.82 Å². The SMILES string of the molecule is CC(Nc1nnnn1-c1ccccc1)c1ccc(F)cc1. The van der Waals surface area contributed by atoms with E-state index in [0.29, 0.717) is 5.95 Å². The zero-order valence-corrected chi connectivity index (χ0v) is 11.4. The highest BCUT2D eigenvalue weighted by Gasteiger charge is 2.12. The first-order chi connectivity index (χ1) is 10.2. The Morgan fingerprint density at radius 1 is 1.05 bits per heavy atom. The number of hydrogen-bond acceptors (Lipinski definition) is 4. The largest absolute Gasteiger partial charge is 0.346 e. The van der Waals surface area contributed by atoms with Crippen molar-refractivity contribution in [2.75, 3.05) is 5.32 Å². The Balaban J connectivity index is 1.83. The summed E-state index contributed by atoms with van der Waals surface area (Å²) < 4.78 is 14.6. The molecule has 5 nitrogen and oxygen atoms in total. The van der Waals surface area contributed by atoms with Crippen molar-refractivity contribution in [3.63, 3.8) is 0 Å². The van der Waals surface area contributed by atoms with Gasteiger partial charge in [0.05, 0.1) is 11.7 Å². The maximum absolute atomic E-state index is 13.0. The van der Waals surface area contributed by atoms with Crippen molar-refractivity contribution >= 4 is 5.95 Å². The van der Waals surface area contributed by atoms with Crippen LogP contribution in [-0.4, -0.2) is 20.2 Å². The summed E-state index contributed by atoms with van der Waals surface area (Å²) >= 11 is 0. The number of nitrogens with one attached hydrogen (secondary N) is 1. The van der Waals surface area contributed by atoms with E-state index in [1.807, 2.05) is 37.3 Å². The van der Waals surface area contributed by atoms with Gasteiger partial charge < -0.3 is 5.32 Å². The minimum absolute atomic E-state index is 0.0425. The summed E-state index contributed by atoms with van der Waals surface area (Å²) in [4.78, 5) is 0. The second-order valence-corrected chi connectivity index (χ2v) is 4.67. The van der Waals surface area contributed by atoms with Gasteiger partial charge in [0, 0.05) is 0 Å². The van der Waals surface area contributed by atoms with E-state index >= 15 is 0 Å². The molecule has 3 aromatic rings. The van der Waals surface area contributed by atoms with Gasteiger partial charge in [-0.15, -0.1) is 0 Å². The van der Waals surface area contributed by atoms with Gasteiger partial charge in [-0.25, -0.2) is 4.39 Å². The Hall–Kier alpha value is -2.76. The second kappa shape index (κ2) is 5.70. The Morgan fingerprint density at radius 2 is 1.76 bits per heavy atom. The molecule has 3 rings (SSSR count). The lowest BCUT2D eigenvalue weighted by molar-refractivity contribution is 0.626. The molecule has 0 aliphatic rings. The van der Waals surface area contributed by atoms with Crippen molar-refractivity contribution in [2.45, 2.75) is 13.0 Å². The molecule has 1 N–H and O–H groups in total. The predicted molar refractivity (Wildman–Crippen MR) is 77.6 cm³/mol. The van der Waals surface area contributed by atoms with E-state index < -0.39 is 0 Å². The summed E-state index contributed by atoms with van der Waals surface area (Å²) in [5.41, 5.74) is 1.83. The fraction of sp³-hybridized carbons (Fsp3) is 0.133. The lowest BCUT2D eigenvalue weighted by Gasteiger charge is -2.14. The van der Waals surface area contributed by atoms with Crippen molar-refractivity contribution in [1.29, 1.82) is 0 Å². The number of halogens is 1. The highest BCUT2D eigenvalue weighted by molar-refractivity contribution is 5.40. The lowest BCUT2D eigenvalue weighted by atomic mass is 10.1. The van der Waals surface area contributed by atoms with Gasteiger partial charge in [0.2, 0.25) is 5.95 Å². The lowest BCUT2D eigenvalue weighted by Crippen LogP contribution is -2.11. The number of benzene rings is 2. The van der Waals surface area contributed by atoms with Crippen LogP contribution in [0.25, 0.3) is 5.69 Å². The summed E-state index contributed by atoms with van der Waals surface area (Å²) in [6.45, 7) is 1.97. The van der Waals surface area contributed by atoms with Gasteiger partial charge in [0.25, 0.3) is 0 Å². The highest BCUT2D eigenvalue weighted by Crippen LogP contribution is 2.19. The van der Waals surface area contributed by atoms with E-state index in [0.717, 1.165) is 11.3 Å². The molecule has 1 heterocycles. The van der Waals surface area contributed by atoms with Crippen LogP contribution in [-0.2, 0) is 0 Å². The van der Waals surface area contributed by atoms with Crippen LogP contribution in [0.1, 0.15) is 18.5 Å². The van der Waals surface area contributed by atoms with E-state index in [-0.39, 0.29) is 11.9 Å². The Morgan fingerprint density at radius 3 is 2.48 bits per heavy atom. The minimum Gasteiger partial charge on any atom is -0.346 e. The average Bonchev–Trinajstić information content (AvgIpc) is 2.97. The number of anilines is 1. The minimum atomic E-state index is -0.250. The number of hydrogen-bond donors (Lipinski definition) is 1. The summed E-state index contributed by atoms with van der Waals surface area (Å²) in [5.74, 6) is 0.290. The Bertz CT molecular complexity index is 708. The molecule has 0 radical (unpaired) electrons. The predicted octanol–water partition coefficient (Wildman–Crippen LogP) is 2.97. The van der Waals surface area contributed by atoms with Crippen LogP contribution >= 0.6 is 0 Å². The Kier molecular flexibility index (Phi) is 3.59. The standard InChI is InChI=1S/C15H14FN5/c1-11(12-7-9-13(16)10-8-12)17-15-18-19-20-21(15)14-5-3-2-4-6-14/h2-11H,1H3,(H,17,18,20). The normalized spacial score (nSPS) is 12.1. The van der Waals surface area contributed by atoms with Gasteiger partial charge in [-0.05, 0) is 47.2 Å². The van der Waals surface area contributed by atoms with Crippen LogP contribution in [0.5, 0.6) is 0 Å². The van der Waals surface area contributed by atoms with E-state index in [9.17, 15) is 4.39 Å².